The smallest absolute Gasteiger partial charge is 1.00 e. The van der Waals surface area contributed by atoms with Crippen molar-refractivity contribution in [1.29, 1.82) is 21.0 Å². The Bertz CT molecular complexity index is 4870. The Morgan fingerprint density at radius 3 is 1.31 bits per heavy atom. The number of carbonyl (C=O) groups excluding carboxylic acids is 3. The fraction of sp³-hybridized carbons (Fsp3) is 0.0649. The number of hydrogen-bond donors (Lipinski definition) is 3. The molecule has 11 aromatic rings. The molecule has 0 radical (unpaired) electrons. The average Bonchev–Trinajstić information content (AvgIpc) is 1.68. The number of aromatic nitrogens is 3. The SMILES string of the molecule is C.COC(=O)c1ccc(-n2cc(C#N)c(-c3ccccc3)c2)cc1.COC(=O)c1ccc(F)cc1.N#C/C(=C\c1ccccc1)C(=O)O.N#Cc1c[nH]cc1-c1ccccc1.N#Cc1cn(-c2ccc(C(=O)O)cc2)cc1-c1ccccc1.O=CO[O-].[C-]#[N+]CS(=O)(=O)c1ccc(C)cc1.[H-].[K+].[Na+].[Na+].[OH-]. The molecule has 3 heterocycles. The van der Waals surface area contributed by atoms with Crippen molar-refractivity contribution in [2.45, 2.75) is 19.2 Å². The van der Waals surface area contributed by atoms with Crippen LogP contribution in [0.4, 0.5) is 4.39 Å². The van der Waals surface area contributed by atoms with E-state index in [1.807, 2.05) is 144 Å². The van der Waals surface area contributed by atoms with Gasteiger partial charge in [0, 0.05) is 65.2 Å². The van der Waals surface area contributed by atoms with Crippen molar-refractivity contribution in [3.63, 3.8) is 0 Å². The molecule has 0 aliphatic rings. The second-order valence-electron chi connectivity index (χ2n) is 19.9. The van der Waals surface area contributed by atoms with E-state index in [0.717, 1.165) is 50.3 Å². The quantitative estimate of drug-likeness (QED) is 0.0199. The summed E-state index contributed by atoms with van der Waals surface area (Å²) in [5, 5.41) is 61.8. The van der Waals surface area contributed by atoms with Crippen molar-refractivity contribution < 1.29 is 184 Å². The zero-order valence-corrected chi connectivity index (χ0v) is 64.3. The normalized spacial score (nSPS) is 9.40. The maximum atomic E-state index is 12.3. The number of aromatic carboxylic acids is 1. The molecule has 22 nitrogen and oxygen atoms in total. The van der Waals surface area contributed by atoms with Crippen LogP contribution in [0.15, 0.2) is 266 Å². The van der Waals surface area contributed by atoms with E-state index < -0.39 is 33.6 Å². The fourth-order valence-electron chi connectivity index (χ4n) is 8.52. The van der Waals surface area contributed by atoms with Gasteiger partial charge in [-0.05, 0) is 120 Å². The first-order valence-electron chi connectivity index (χ1n) is 28.9. The van der Waals surface area contributed by atoms with E-state index in [4.69, 9.17) is 42.1 Å². The van der Waals surface area contributed by atoms with Gasteiger partial charge in [0.25, 0.3) is 16.3 Å². The van der Waals surface area contributed by atoms with Crippen LogP contribution in [0.1, 0.15) is 67.7 Å². The Hall–Kier alpha value is -10.4. The van der Waals surface area contributed by atoms with Crippen LogP contribution in [-0.4, -0.2) is 88.7 Å². The number of aryl methyl sites for hydroxylation is 1. The van der Waals surface area contributed by atoms with Crippen LogP contribution in [0.3, 0.4) is 0 Å². The molecule has 4 N–H and O–H groups in total. The number of ether oxygens (including phenoxy) is 2. The summed E-state index contributed by atoms with van der Waals surface area (Å²) >= 11 is 0. The minimum absolute atomic E-state index is 0. The number of carboxylic acid groups (broad SMARTS) is 2. The average molecular weight is 1460 g/mol. The topological polar surface area (TPSA) is 366 Å². The molecular weight excluding hydrogens is 1400 g/mol. The van der Waals surface area contributed by atoms with Crippen molar-refractivity contribution in [2.24, 2.45) is 0 Å². The first-order valence-corrected chi connectivity index (χ1v) is 30.5. The number of rotatable bonds is 13. The third-order valence-corrected chi connectivity index (χ3v) is 14.9. The van der Waals surface area contributed by atoms with E-state index in [9.17, 15) is 42.5 Å². The summed E-state index contributed by atoms with van der Waals surface area (Å²) in [6.45, 7) is 8.20. The summed E-state index contributed by atoms with van der Waals surface area (Å²) in [7, 11) is -0.743. The van der Waals surface area contributed by atoms with Crippen LogP contribution in [0.5, 0.6) is 0 Å². The van der Waals surface area contributed by atoms with Crippen LogP contribution in [0.2, 0.25) is 0 Å². The molecule has 0 aliphatic heterocycles. The van der Waals surface area contributed by atoms with Gasteiger partial charge in [-0.1, -0.05) is 146 Å². The molecule has 3 aromatic heterocycles. The van der Waals surface area contributed by atoms with Gasteiger partial charge in [0.05, 0.1) is 52.5 Å². The maximum absolute atomic E-state index is 12.3. The summed E-state index contributed by atoms with van der Waals surface area (Å²) in [5.74, 6) is -3.82. The van der Waals surface area contributed by atoms with Crippen LogP contribution >= 0.6 is 0 Å². The predicted molar refractivity (Wildman–Crippen MR) is 373 cm³/mol. The number of esters is 2. The first-order chi connectivity index (χ1) is 47.8. The number of halogens is 1. The standard InChI is InChI=1S/C19H14N2O2.C18H12N2O2.C11H8N2.C10H7NO2.C9H9NO2S.C8H7FO2.CH2O3.CH4.K.2Na.H2O.H/c1-23-19(22)15-7-9-17(10-8-15)21-12-16(11-20)18(13-21)14-5-3-2-4-6-14;19-10-15-11-20(12-17(15)13-4-2-1-3-5-13)16-8-6-14(7-9-16)18(21)22;12-6-10-7-13-8-11(10)9-4-2-1-3-5-9;11-7-9(10(12)13)6-8-4-2-1-3-5-8;1-8-3-5-9(6-4-8)13(11,12)7-10-2;1-11-8(10)6-2-4-7(9)5-3-6;2-1-4-3;;;;;;/h2-10,12-13H,1H3;1-9,11-12H,(H,21,22);1-5,7-8,13H;1-6H,(H,12,13);3-6H,7H2,1H3;2-5H,1H3;1,3H;1H4;;;;1H2;/q;;;;;;;;3*+1;;-1/p-2/b;;;9-6+;;;;;;;;;. The van der Waals surface area contributed by atoms with Gasteiger partial charge in [-0.25, -0.2) is 38.6 Å². The van der Waals surface area contributed by atoms with E-state index >= 15 is 0 Å². The third-order valence-electron chi connectivity index (χ3n) is 13.4. The van der Waals surface area contributed by atoms with Gasteiger partial charge in [0.2, 0.25) is 0 Å². The summed E-state index contributed by atoms with van der Waals surface area (Å²) in [5.41, 5.74) is 11.8. The molecule has 0 saturated carbocycles. The molecule has 512 valence electrons. The van der Waals surface area contributed by atoms with Gasteiger partial charge in [-0.2, -0.15) is 21.0 Å². The number of benzene rings is 8. The molecule has 0 spiro atoms. The van der Waals surface area contributed by atoms with Gasteiger partial charge in [0.1, 0.15) is 35.7 Å². The summed E-state index contributed by atoms with van der Waals surface area (Å²) in [6, 6.07) is 71.6. The van der Waals surface area contributed by atoms with Gasteiger partial charge in [-0.3, -0.25) is 9.64 Å². The Balaban J connectivity index is 0. The minimum atomic E-state index is -3.38. The zero-order valence-electron chi connectivity index (χ0n) is 57.4. The fourth-order valence-corrected chi connectivity index (χ4v) is 9.39. The van der Waals surface area contributed by atoms with Gasteiger partial charge in [-0.15, -0.1) is 0 Å². The second kappa shape index (κ2) is 50.0. The van der Waals surface area contributed by atoms with E-state index in [0.29, 0.717) is 33.4 Å². The van der Waals surface area contributed by atoms with Crippen LogP contribution in [0, 0.1) is 64.6 Å². The Kier molecular flexibility index (Phi) is 45.0. The Morgan fingerprint density at radius 2 is 0.962 bits per heavy atom. The molecule has 0 fully saturated rings. The van der Waals surface area contributed by atoms with E-state index in [2.05, 4.69) is 37.7 Å². The molecular formula is C77H64FKN8Na2O14S. The molecule has 0 atom stereocenters. The van der Waals surface area contributed by atoms with Gasteiger partial charge < -0.3 is 50.9 Å². The van der Waals surface area contributed by atoms with Crippen LogP contribution in [0.25, 0.3) is 55.7 Å². The van der Waals surface area contributed by atoms with Crippen LogP contribution < -0.4 is 116 Å². The number of methoxy groups -OCH3 is 2. The molecule has 104 heavy (non-hydrogen) atoms. The van der Waals surface area contributed by atoms with E-state index in [1.54, 1.807) is 97.5 Å². The zero-order chi connectivity index (χ0) is 72.1. The van der Waals surface area contributed by atoms with Crippen molar-refractivity contribution in [1.82, 2.24) is 14.1 Å². The number of nitrogens with zero attached hydrogens (tertiary/aromatic N) is 7. The number of hydrogen-bond acceptors (Lipinski definition) is 16. The molecule has 0 bridgehead atoms. The predicted octanol–water partition coefficient (Wildman–Crippen LogP) is 5.02. The monoisotopic (exact) mass is 1460 g/mol. The van der Waals surface area contributed by atoms with Gasteiger partial charge >= 0.3 is 140 Å². The molecule has 0 saturated heterocycles. The van der Waals surface area contributed by atoms with E-state index in [1.165, 1.54) is 56.7 Å². The number of aromatic amines is 1. The molecule has 0 amide bonds. The minimum Gasteiger partial charge on any atom is -1.00 e. The van der Waals surface area contributed by atoms with Crippen molar-refractivity contribution in [2.75, 3.05) is 20.1 Å². The largest absolute Gasteiger partial charge is 1.00 e. The van der Waals surface area contributed by atoms with Crippen molar-refractivity contribution in [3.05, 3.63) is 323 Å². The number of nitrogens with one attached hydrogen (secondary N) is 1. The Morgan fingerprint density at radius 1 is 0.587 bits per heavy atom. The molecule has 0 aliphatic carbocycles. The van der Waals surface area contributed by atoms with Crippen molar-refractivity contribution in [3.8, 4) is 69.0 Å². The number of carbonyl (C=O) groups is 5. The molecule has 27 heteroatoms. The summed E-state index contributed by atoms with van der Waals surface area (Å²) in [4.78, 5) is 60.9. The number of aliphatic carboxylic acids is 1. The second-order valence-corrected chi connectivity index (χ2v) is 21.8. The van der Waals surface area contributed by atoms with Crippen LogP contribution in [-0.2, 0) is 33.8 Å². The Labute approximate surface area is 689 Å². The van der Waals surface area contributed by atoms with Gasteiger partial charge in [0.15, 0.2) is 0 Å². The molecule has 0 unspecified atom stereocenters. The summed E-state index contributed by atoms with van der Waals surface area (Å²) < 4.78 is 47.8. The third kappa shape index (κ3) is 29.9. The molecule has 8 aromatic carbocycles. The van der Waals surface area contributed by atoms with E-state index in [-0.39, 0.29) is 159 Å². The summed E-state index contributed by atoms with van der Waals surface area (Å²) in [6.07, 6.45) is 12.2. The number of H-pyrrole nitrogens is 1. The number of sulfone groups is 1. The number of carboxylic acids is 2. The first kappa shape index (κ1) is 93.6. The maximum Gasteiger partial charge on any atom is 1.00 e. The number of nitriles is 4. The molecule has 11 rings (SSSR count). The van der Waals surface area contributed by atoms with Crippen molar-refractivity contribution >= 4 is 46.3 Å².